The molecule has 0 aliphatic heterocycles. The van der Waals surface area contributed by atoms with Gasteiger partial charge in [0.2, 0.25) is 0 Å². The van der Waals surface area contributed by atoms with E-state index in [-0.39, 0.29) is 5.84 Å². The van der Waals surface area contributed by atoms with Crippen LogP contribution in [0.25, 0.3) is 0 Å². The van der Waals surface area contributed by atoms with Gasteiger partial charge in [0, 0.05) is 11.1 Å². The van der Waals surface area contributed by atoms with Gasteiger partial charge in [-0.3, -0.25) is 5.41 Å². The first-order valence-electron chi connectivity index (χ1n) is 6.48. The van der Waals surface area contributed by atoms with Crippen molar-refractivity contribution in [2.24, 2.45) is 5.73 Å². The van der Waals surface area contributed by atoms with E-state index in [1.165, 1.54) is 0 Å². The number of nitrogen functional groups attached to an aromatic ring is 1. The van der Waals surface area contributed by atoms with Crippen LogP contribution in [-0.2, 0) is 6.61 Å². The second kappa shape index (κ2) is 6.61. The molecule has 0 heterocycles. The first-order valence-corrected chi connectivity index (χ1v) is 6.48. The first kappa shape index (κ1) is 13.9. The fourth-order valence-corrected chi connectivity index (χ4v) is 1.87. The molecule has 3 N–H and O–H groups in total. The van der Waals surface area contributed by atoms with Crippen molar-refractivity contribution in [3.63, 3.8) is 0 Å². The summed E-state index contributed by atoms with van der Waals surface area (Å²) in [6.45, 7) is 2.97. The van der Waals surface area contributed by atoms with Crippen LogP contribution in [0.4, 0.5) is 0 Å². The molecule has 2 aromatic carbocycles. The van der Waals surface area contributed by atoms with Gasteiger partial charge in [-0.1, -0.05) is 24.3 Å². The molecule has 2 aromatic rings. The highest BCUT2D eigenvalue weighted by molar-refractivity contribution is 5.96. The number of ether oxygens (including phenoxy) is 2. The van der Waals surface area contributed by atoms with E-state index in [1.807, 2.05) is 55.5 Å². The van der Waals surface area contributed by atoms with Gasteiger partial charge < -0.3 is 15.2 Å². The lowest BCUT2D eigenvalue weighted by Crippen LogP contribution is -2.14. The van der Waals surface area contributed by atoms with E-state index in [0.29, 0.717) is 18.8 Å². The number of nitrogens with two attached hydrogens (primary N) is 1. The average molecular weight is 270 g/mol. The molecule has 4 heteroatoms. The Bertz CT molecular complexity index is 579. The van der Waals surface area contributed by atoms with Gasteiger partial charge in [0.05, 0.1) is 6.61 Å². The van der Waals surface area contributed by atoms with Crippen molar-refractivity contribution in [3.8, 4) is 11.5 Å². The number of hydrogen-bond acceptors (Lipinski definition) is 3. The van der Waals surface area contributed by atoms with Crippen molar-refractivity contribution < 1.29 is 9.47 Å². The minimum absolute atomic E-state index is 0.0518. The van der Waals surface area contributed by atoms with Crippen LogP contribution in [0.3, 0.4) is 0 Å². The molecule has 0 unspecified atom stereocenters. The van der Waals surface area contributed by atoms with Gasteiger partial charge in [-0.15, -0.1) is 0 Å². The predicted molar refractivity (Wildman–Crippen MR) is 79.4 cm³/mol. The molecule has 2 rings (SSSR count). The molecule has 20 heavy (non-hydrogen) atoms. The Balaban J connectivity index is 2.03. The summed E-state index contributed by atoms with van der Waals surface area (Å²) in [4.78, 5) is 0. The Hall–Kier alpha value is -2.49. The average Bonchev–Trinajstić information content (AvgIpc) is 2.47. The molecule has 0 aliphatic carbocycles. The topological polar surface area (TPSA) is 68.3 Å². The maximum absolute atomic E-state index is 7.54. The number of amidine groups is 1. The second-order valence-corrected chi connectivity index (χ2v) is 4.26. The maximum atomic E-state index is 7.54. The van der Waals surface area contributed by atoms with Crippen molar-refractivity contribution in [3.05, 3.63) is 59.7 Å². The normalized spacial score (nSPS) is 10.1. The lowest BCUT2D eigenvalue weighted by atomic mass is 10.1. The van der Waals surface area contributed by atoms with E-state index in [1.54, 1.807) is 0 Å². The third-order valence-electron chi connectivity index (χ3n) is 2.84. The highest BCUT2D eigenvalue weighted by Crippen LogP contribution is 2.19. The maximum Gasteiger partial charge on any atom is 0.123 e. The highest BCUT2D eigenvalue weighted by atomic mass is 16.5. The third-order valence-corrected chi connectivity index (χ3v) is 2.84. The van der Waals surface area contributed by atoms with E-state index in [0.717, 1.165) is 17.1 Å². The molecule has 0 aromatic heterocycles. The van der Waals surface area contributed by atoms with Crippen molar-refractivity contribution in [1.29, 1.82) is 5.41 Å². The fourth-order valence-electron chi connectivity index (χ4n) is 1.87. The Morgan fingerprint density at radius 3 is 2.20 bits per heavy atom. The summed E-state index contributed by atoms with van der Waals surface area (Å²) in [7, 11) is 0. The zero-order chi connectivity index (χ0) is 14.4. The zero-order valence-corrected chi connectivity index (χ0v) is 11.4. The molecule has 0 saturated heterocycles. The Kier molecular flexibility index (Phi) is 4.60. The van der Waals surface area contributed by atoms with Crippen LogP contribution in [0.15, 0.2) is 48.5 Å². The summed E-state index contributed by atoms with van der Waals surface area (Å²) >= 11 is 0. The van der Waals surface area contributed by atoms with Gasteiger partial charge in [0.1, 0.15) is 23.9 Å². The number of rotatable bonds is 6. The predicted octanol–water partition coefficient (Wildman–Crippen LogP) is 2.95. The van der Waals surface area contributed by atoms with Gasteiger partial charge >= 0.3 is 0 Å². The van der Waals surface area contributed by atoms with E-state index in [9.17, 15) is 0 Å². The largest absolute Gasteiger partial charge is 0.494 e. The zero-order valence-electron chi connectivity index (χ0n) is 11.4. The van der Waals surface area contributed by atoms with Crippen LogP contribution in [0.1, 0.15) is 18.1 Å². The molecule has 4 nitrogen and oxygen atoms in total. The molecule has 0 saturated carbocycles. The third kappa shape index (κ3) is 3.51. The fraction of sp³-hybridized carbons (Fsp3) is 0.188. The standard InChI is InChI=1S/C16H18N2O2/c1-2-19-13-7-9-14(10-8-13)20-11-12-5-3-4-6-15(12)16(17)18/h3-10H,2,11H2,1H3,(H3,17,18). The van der Waals surface area contributed by atoms with Crippen LogP contribution >= 0.6 is 0 Å². The quantitative estimate of drug-likeness (QED) is 0.626. The van der Waals surface area contributed by atoms with Gasteiger partial charge in [0.15, 0.2) is 0 Å². The molecular weight excluding hydrogens is 252 g/mol. The van der Waals surface area contributed by atoms with Crippen molar-refractivity contribution in [2.75, 3.05) is 6.61 Å². The molecule has 104 valence electrons. The number of benzene rings is 2. The van der Waals surface area contributed by atoms with E-state index in [2.05, 4.69) is 0 Å². The van der Waals surface area contributed by atoms with Crippen LogP contribution in [0.5, 0.6) is 11.5 Å². The van der Waals surface area contributed by atoms with Crippen molar-refractivity contribution >= 4 is 5.84 Å². The summed E-state index contributed by atoms with van der Waals surface area (Å²) in [5, 5.41) is 7.54. The van der Waals surface area contributed by atoms with E-state index in [4.69, 9.17) is 20.6 Å². The second-order valence-electron chi connectivity index (χ2n) is 4.26. The van der Waals surface area contributed by atoms with Gasteiger partial charge in [-0.05, 0) is 31.2 Å². The Labute approximate surface area is 118 Å². The minimum atomic E-state index is 0.0518. The molecule has 0 bridgehead atoms. The lowest BCUT2D eigenvalue weighted by molar-refractivity contribution is 0.303. The van der Waals surface area contributed by atoms with Crippen molar-refractivity contribution in [2.45, 2.75) is 13.5 Å². The van der Waals surface area contributed by atoms with Crippen LogP contribution < -0.4 is 15.2 Å². The smallest absolute Gasteiger partial charge is 0.123 e. The van der Waals surface area contributed by atoms with E-state index < -0.39 is 0 Å². The first-order chi connectivity index (χ1) is 9.70. The number of nitrogens with one attached hydrogen (secondary N) is 1. The summed E-state index contributed by atoms with van der Waals surface area (Å²) < 4.78 is 11.1. The molecule has 0 fully saturated rings. The van der Waals surface area contributed by atoms with Gasteiger partial charge in [0.25, 0.3) is 0 Å². The summed E-state index contributed by atoms with van der Waals surface area (Å²) in [6, 6.07) is 15.0. The van der Waals surface area contributed by atoms with Gasteiger partial charge in [-0.2, -0.15) is 0 Å². The molecule has 0 atom stereocenters. The SMILES string of the molecule is CCOc1ccc(OCc2ccccc2C(=N)N)cc1. The van der Waals surface area contributed by atoms with E-state index >= 15 is 0 Å². The van der Waals surface area contributed by atoms with Crippen LogP contribution in [0.2, 0.25) is 0 Å². The lowest BCUT2D eigenvalue weighted by Gasteiger charge is -2.10. The summed E-state index contributed by atoms with van der Waals surface area (Å²) in [5.41, 5.74) is 7.15. The number of hydrogen-bond donors (Lipinski definition) is 2. The molecule has 0 spiro atoms. The van der Waals surface area contributed by atoms with Crippen molar-refractivity contribution in [1.82, 2.24) is 0 Å². The minimum Gasteiger partial charge on any atom is -0.494 e. The summed E-state index contributed by atoms with van der Waals surface area (Å²) in [6.07, 6.45) is 0. The summed E-state index contributed by atoms with van der Waals surface area (Å²) in [5.74, 6) is 1.63. The molecular formula is C16H18N2O2. The van der Waals surface area contributed by atoms with Crippen LogP contribution in [0, 0.1) is 5.41 Å². The van der Waals surface area contributed by atoms with Crippen LogP contribution in [-0.4, -0.2) is 12.4 Å². The van der Waals surface area contributed by atoms with Gasteiger partial charge in [-0.25, -0.2) is 0 Å². The Morgan fingerprint density at radius 2 is 1.60 bits per heavy atom. The molecule has 0 radical (unpaired) electrons. The molecule has 0 aliphatic rings. The monoisotopic (exact) mass is 270 g/mol. The molecule has 0 amide bonds. The highest BCUT2D eigenvalue weighted by Gasteiger charge is 2.05. The Morgan fingerprint density at radius 1 is 1.00 bits per heavy atom.